The number of sulfonamides is 1. The highest BCUT2D eigenvalue weighted by Gasteiger charge is 2.43. The molecule has 1 atom stereocenters. The van der Waals surface area contributed by atoms with Gasteiger partial charge < -0.3 is 5.32 Å². The van der Waals surface area contributed by atoms with Crippen LogP contribution in [0, 0.1) is 0 Å². The third-order valence-electron chi connectivity index (χ3n) is 4.85. The van der Waals surface area contributed by atoms with Gasteiger partial charge in [0.05, 0.1) is 11.3 Å². The molecule has 1 saturated heterocycles. The van der Waals surface area contributed by atoms with Crippen molar-refractivity contribution in [3.63, 3.8) is 0 Å². The van der Waals surface area contributed by atoms with Crippen LogP contribution in [-0.2, 0) is 37.1 Å². The third kappa shape index (κ3) is 4.70. The number of hydrogen-bond donors (Lipinski definition) is 1. The number of carbonyl (C=O) groups is 3. The van der Waals surface area contributed by atoms with Crippen LogP contribution in [0.5, 0.6) is 0 Å². The summed E-state index contributed by atoms with van der Waals surface area (Å²) >= 11 is 0. The van der Waals surface area contributed by atoms with Crippen LogP contribution < -0.4 is 5.32 Å². The van der Waals surface area contributed by atoms with E-state index in [4.69, 9.17) is 0 Å². The quantitative estimate of drug-likeness (QED) is 0.521. The Morgan fingerprint density at radius 2 is 1.97 bits per heavy atom. The molecule has 0 aliphatic carbocycles. The largest absolute Gasteiger partial charge is 0.416 e. The van der Waals surface area contributed by atoms with Crippen LogP contribution in [0.2, 0.25) is 0 Å². The van der Waals surface area contributed by atoms with E-state index in [-0.39, 0.29) is 30.4 Å². The Morgan fingerprint density at radius 3 is 2.61 bits per heavy atom. The number of nitrogens with zero attached hydrogens (tertiary/aromatic N) is 3. The molecule has 168 valence electrons. The minimum absolute atomic E-state index is 0.0472. The highest BCUT2D eigenvalue weighted by Crippen LogP contribution is 2.29. The first-order valence-corrected chi connectivity index (χ1v) is 10.9. The molecule has 31 heavy (non-hydrogen) atoms. The number of nitrogens with one attached hydrogen (secondary N) is 1. The van der Waals surface area contributed by atoms with Crippen LogP contribution in [0.4, 0.5) is 13.2 Å². The molecular weight excluding hydrogens is 441 g/mol. The van der Waals surface area contributed by atoms with Gasteiger partial charge in [0, 0.05) is 20.1 Å². The fraction of sp³-hybridized carbons (Fsp3) is 0.444. The number of halogens is 3. The van der Waals surface area contributed by atoms with Crippen LogP contribution in [0.1, 0.15) is 24.0 Å². The molecule has 13 heteroatoms. The van der Waals surface area contributed by atoms with E-state index < -0.39 is 45.4 Å². The molecule has 1 N–H and O–H groups in total. The summed E-state index contributed by atoms with van der Waals surface area (Å²) in [5, 5.41) is 2.28. The van der Waals surface area contributed by atoms with Gasteiger partial charge in [0.2, 0.25) is 16.0 Å². The molecule has 9 nitrogen and oxygen atoms in total. The number of alkyl halides is 3. The fourth-order valence-corrected chi connectivity index (χ4v) is 4.82. The van der Waals surface area contributed by atoms with E-state index in [1.54, 1.807) is 0 Å². The second kappa shape index (κ2) is 8.29. The molecule has 1 aromatic rings. The Balaban J connectivity index is 1.82. The van der Waals surface area contributed by atoms with E-state index >= 15 is 0 Å². The van der Waals surface area contributed by atoms with Gasteiger partial charge in [0.1, 0.15) is 0 Å². The predicted molar refractivity (Wildman–Crippen MR) is 102 cm³/mol. The molecule has 0 radical (unpaired) electrons. The summed E-state index contributed by atoms with van der Waals surface area (Å²) in [6.45, 7) is -0.297. The maximum atomic E-state index is 12.8. The van der Waals surface area contributed by atoms with E-state index in [1.807, 2.05) is 0 Å². The van der Waals surface area contributed by atoms with Gasteiger partial charge in [-0.15, -0.1) is 0 Å². The van der Waals surface area contributed by atoms with Crippen molar-refractivity contribution in [3.05, 3.63) is 35.4 Å². The number of guanidine groups is 1. The topological polar surface area (TPSA) is 116 Å². The lowest BCUT2D eigenvalue weighted by molar-refractivity contribution is -0.145. The summed E-state index contributed by atoms with van der Waals surface area (Å²) < 4.78 is 64.1. The minimum atomic E-state index is -4.56. The molecule has 0 spiro atoms. The van der Waals surface area contributed by atoms with Crippen molar-refractivity contribution >= 4 is 33.6 Å². The van der Waals surface area contributed by atoms with Crippen LogP contribution in [0.25, 0.3) is 0 Å². The van der Waals surface area contributed by atoms with Crippen LogP contribution in [0.15, 0.2) is 29.3 Å². The first-order chi connectivity index (χ1) is 14.4. The number of Topliss-reactive ketones (excluding diaryl/α,β-unsaturated/α-hetero) is 1. The van der Waals surface area contributed by atoms with Gasteiger partial charge >= 0.3 is 6.18 Å². The Morgan fingerprint density at radius 1 is 1.26 bits per heavy atom. The van der Waals surface area contributed by atoms with Crippen LogP contribution in [0.3, 0.4) is 0 Å². The first-order valence-electron chi connectivity index (χ1n) is 9.26. The first kappa shape index (κ1) is 22.7. The van der Waals surface area contributed by atoms with Crippen molar-refractivity contribution in [3.8, 4) is 0 Å². The Kier molecular flexibility index (Phi) is 6.07. The summed E-state index contributed by atoms with van der Waals surface area (Å²) in [6, 6.07) is 2.41. The van der Waals surface area contributed by atoms with Gasteiger partial charge in [0.25, 0.3) is 17.6 Å². The SMILES string of the molecule is CN1C(=O)C(=O)C(C(=O)NCc2cccc(C(F)(F)F)c2)N=C1N1CCCCS1(=O)=O. The molecule has 2 aliphatic rings. The van der Waals surface area contributed by atoms with Gasteiger partial charge in [-0.25, -0.2) is 17.7 Å². The maximum Gasteiger partial charge on any atom is 0.416 e. The molecule has 3 rings (SSSR count). The molecule has 0 saturated carbocycles. The second-order valence-electron chi connectivity index (χ2n) is 7.07. The van der Waals surface area contributed by atoms with E-state index in [0.29, 0.717) is 12.8 Å². The summed E-state index contributed by atoms with van der Waals surface area (Å²) in [5.41, 5.74) is -0.780. The maximum absolute atomic E-state index is 12.8. The number of hydrogen-bond acceptors (Lipinski definition) is 6. The zero-order valence-corrected chi connectivity index (χ0v) is 17.2. The van der Waals surface area contributed by atoms with Crippen molar-refractivity contribution < 1.29 is 36.0 Å². The molecule has 2 amide bonds. The standard InChI is InChI=1S/C18H19F3N4O5S/c1-24-16(28)14(26)13(23-17(24)25-7-2-3-8-31(25,29)30)15(27)22-10-11-5-4-6-12(9-11)18(19,20)21/h4-6,9,13H,2-3,7-8,10H2,1H3,(H,22,27). The molecule has 2 aliphatic heterocycles. The van der Waals surface area contributed by atoms with Gasteiger partial charge in [0.15, 0.2) is 6.04 Å². The normalized spacial score (nSPS) is 21.7. The summed E-state index contributed by atoms with van der Waals surface area (Å²) in [6.07, 6.45) is -3.61. The average Bonchev–Trinajstić information content (AvgIpc) is 2.70. The van der Waals surface area contributed by atoms with Crippen molar-refractivity contribution in [2.75, 3.05) is 19.3 Å². The summed E-state index contributed by atoms with van der Waals surface area (Å²) in [7, 11) is -2.58. The molecule has 2 heterocycles. The Labute approximate surface area is 176 Å². The molecule has 1 fully saturated rings. The summed E-state index contributed by atoms with van der Waals surface area (Å²) in [4.78, 5) is 41.8. The second-order valence-corrected chi connectivity index (χ2v) is 9.08. The van der Waals surface area contributed by atoms with E-state index in [1.165, 1.54) is 19.2 Å². The lowest BCUT2D eigenvalue weighted by atomic mass is 10.1. The van der Waals surface area contributed by atoms with Crippen molar-refractivity contribution in [1.82, 2.24) is 14.5 Å². The molecule has 1 unspecified atom stereocenters. The van der Waals surface area contributed by atoms with Crippen molar-refractivity contribution in [1.29, 1.82) is 0 Å². The Hall–Kier alpha value is -2.96. The van der Waals surface area contributed by atoms with Crippen molar-refractivity contribution in [2.24, 2.45) is 4.99 Å². The number of ketones is 1. The lowest BCUT2D eigenvalue weighted by Gasteiger charge is -2.35. The molecular formula is C18H19F3N4O5S. The third-order valence-corrected chi connectivity index (χ3v) is 6.67. The Bertz CT molecular complexity index is 1050. The van der Waals surface area contributed by atoms with E-state index in [0.717, 1.165) is 21.3 Å². The van der Waals surface area contributed by atoms with Crippen molar-refractivity contribution in [2.45, 2.75) is 31.6 Å². The van der Waals surface area contributed by atoms with Crippen LogP contribution in [-0.4, -0.2) is 66.6 Å². The van der Waals surface area contributed by atoms with Gasteiger partial charge in [-0.05, 0) is 30.5 Å². The van der Waals surface area contributed by atoms with Gasteiger partial charge in [-0.1, -0.05) is 12.1 Å². The monoisotopic (exact) mass is 460 g/mol. The van der Waals surface area contributed by atoms with Gasteiger partial charge in [-0.3, -0.25) is 19.3 Å². The number of amides is 2. The zero-order valence-electron chi connectivity index (χ0n) is 16.3. The number of carbonyl (C=O) groups excluding carboxylic acids is 3. The number of aliphatic imine (C=N–C) groups is 1. The average molecular weight is 460 g/mol. The number of likely N-dealkylation sites (N-methyl/N-ethyl adjacent to an activating group) is 1. The molecule has 0 bridgehead atoms. The molecule has 1 aromatic carbocycles. The van der Waals surface area contributed by atoms with E-state index in [2.05, 4.69) is 10.3 Å². The highest BCUT2D eigenvalue weighted by atomic mass is 32.2. The van der Waals surface area contributed by atoms with Gasteiger partial charge in [-0.2, -0.15) is 13.2 Å². The fourth-order valence-electron chi connectivity index (χ4n) is 3.20. The lowest BCUT2D eigenvalue weighted by Crippen LogP contribution is -2.58. The number of rotatable bonds is 3. The summed E-state index contributed by atoms with van der Waals surface area (Å²) in [5.74, 6) is -3.78. The number of benzene rings is 1. The van der Waals surface area contributed by atoms with E-state index in [9.17, 15) is 36.0 Å². The smallest absolute Gasteiger partial charge is 0.350 e. The van der Waals surface area contributed by atoms with Crippen LogP contribution >= 0.6 is 0 Å². The predicted octanol–water partition coefficient (Wildman–Crippen LogP) is 0.513. The minimum Gasteiger partial charge on any atom is -0.350 e. The zero-order chi connectivity index (χ0) is 23.0. The molecule has 0 aromatic heterocycles. The highest BCUT2D eigenvalue weighted by molar-refractivity contribution is 7.89.